The average molecular weight is 435 g/mol. The Balaban J connectivity index is 1.79. The summed E-state index contributed by atoms with van der Waals surface area (Å²) in [6.45, 7) is 0. The Morgan fingerprint density at radius 1 is 1.24 bits per heavy atom. The van der Waals surface area contributed by atoms with Crippen molar-refractivity contribution in [3.63, 3.8) is 0 Å². The van der Waals surface area contributed by atoms with E-state index in [9.17, 15) is 30.4 Å². The summed E-state index contributed by atoms with van der Waals surface area (Å²) in [5.74, 6) is -5.28. The van der Waals surface area contributed by atoms with Crippen LogP contribution in [-0.4, -0.2) is 36.8 Å². The molecule has 29 heavy (non-hydrogen) atoms. The Morgan fingerprint density at radius 2 is 1.97 bits per heavy atom. The molecule has 3 rings (SSSR count). The van der Waals surface area contributed by atoms with Gasteiger partial charge in [0.05, 0.1) is 6.26 Å². The van der Waals surface area contributed by atoms with Gasteiger partial charge >= 0.3 is 12.1 Å². The van der Waals surface area contributed by atoms with Crippen molar-refractivity contribution in [3.05, 3.63) is 59.5 Å². The first-order valence-electron chi connectivity index (χ1n) is 8.08. The van der Waals surface area contributed by atoms with Crippen molar-refractivity contribution in [2.45, 2.75) is 24.6 Å². The van der Waals surface area contributed by atoms with Gasteiger partial charge in [0.25, 0.3) is 5.92 Å². The predicted octanol–water partition coefficient (Wildman–Crippen LogP) is 3.35. The highest BCUT2D eigenvalue weighted by atomic mass is 32.2. The Kier molecular flexibility index (Phi) is 5.34. The second-order valence-electron chi connectivity index (χ2n) is 6.41. The molecule has 1 aliphatic carbocycles. The van der Waals surface area contributed by atoms with Crippen molar-refractivity contribution in [2.75, 3.05) is 6.26 Å². The topological polar surface area (TPSA) is 85.1 Å². The zero-order valence-electron chi connectivity index (χ0n) is 14.7. The lowest BCUT2D eigenvalue weighted by molar-refractivity contribution is -0.156. The van der Waals surface area contributed by atoms with Crippen LogP contribution in [0.2, 0.25) is 0 Å². The number of benzene rings is 1. The normalized spacial score (nSPS) is 19.2. The van der Waals surface area contributed by atoms with Gasteiger partial charge in [-0.05, 0) is 35.8 Å². The lowest BCUT2D eigenvalue weighted by Crippen LogP contribution is -2.46. The van der Waals surface area contributed by atoms with Crippen LogP contribution in [0.3, 0.4) is 0 Å². The molecule has 0 radical (unpaired) electrons. The highest BCUT2D eigenvalue weighted by Crippen LogP contribution is 2.32. The number of aromatic nitrogens is 2. The molecule has 0 bridgehead atoms. The zero-order chi connectivity index (χ0) is 21.4. The van der Waals surface area contributed by atoms with Gasteiger partial charge in [-0.2, -0.15) is 22.0 Å². The quantitative estimate of drug-likeness (QED) is 0.729. The van der Waals surface area contributed by atoms with E-state index in [0.29, 0.717) is 11.6 Å². The van der Waals surface area contributed by atoms with Crippen LogP contribution in [0.4, 0.5) is 22.0 Å². The minimum atomic E-state index is -4.78. The van der Waals surface area contributed by atoms with Crippen molar-refractivity contribution >= 4 is 10.0 Å². The molecule has 0 fully saturated rings. The summed E-state index contributed by atoms with van der Waals surface area (Å²) in [7, 11) is -3.83. The van der Waals surface area contributed by atoms with Crippen LogP contribution in [0.5, 0.6) is 0 Å². The van der Waals surface area contributed by atoms with Crippen LogP contribution in [-0.2, 0) is 22.6 Å². The van der Waals surface area contributed by atoms with E-state index in [1.165, 1.54) is 24.3 Å². The van der Waals surface area contributed by atoms with Gasteiger partial charge in [0.1, 0.15) is 6.04 Å². The maximum Gasteiger partial charge on any atom is 0.470 e. The van der Waals surface area contributed by atoms with Gasteiger partial charge < -0.3 is 4.42 Å². The summed E-state index contributed by atoms with van der Waals surface area (Å²) in [5, 5.41) is 6.30. The Bertz CT molecular complexity index is 1070. The number of hydrogen-bond donors (Lipinski definition) is 1. The highest BCUT2D eigenvalue weighted by molar-refractivity contribution is 7.88. The van der Waals surface area contributed by atoms with Crippen LogP contribution < -0.4 is 4.72 Å². The zero-order valence-corrected chi connectivity index (χ0v) is 15.6. The summed E-state index contributed by atoms with van der Waals surface area (Å²) < 4.78 is 95.1. The molecular weight excluding hydrogens is 421 g/mol. The van der Waals surface area contributed by atoms with Gasteiger partial charge in [0, 0.05) is 5.56 Å². The fourth-order valence-electron chi connectivity index (χ4n) is 2.70. The fraction of sp³-hybridized carbons (Fsp3) is 0.294. The first-order valence-corrected chi connectivity index (χ1v) is 9.98. The summed E-state index contributed by atoms with van der Waals surface area (Å²) in [5.41, 5.74) is 0.921. The molecule has 1 heterocycles. The molecule has 1 aromatic heterocycles. The molecule has 12 heteroatoms. The summed E-state index contributed by atoms with van der Waals surface area (Å²) >= 11 is 0. The maximum absolute atomic E-state index is 14.2. The maximum atomic E-state index is 14.2. The molecule has 6 nitrogen and oxygen atoms in total. The smallest absolute Gasteiger partial charge is 0.413 e. The minimum Gasteiger partial charge on any atom is -0.413 e. The van der Waals surface area contributed by atoms with E-state index in [1.54, 1.807) is 6.07 Å². The lowest BCUT2D eigenvalue weighted by atomic mass is 9.94. The summed E-state index contributed by atoms with van der Waals surface area (Å²) in [6.07, 6.45) is -0.899. The summed E-state index contributed by atoms with van der Waals surface area (Å²) in [6, 6.07) is 4.30. The third-order valence-electron chi connectivity index (χ3n) is 3.89. The molecule has 0 saturated heterocycles. The van der Waals surface area contributed by atoms with Gasteiger partial charge in [-0.1, -0.05) is 24.3 Å². The van der Waals surface area contributed by atoms with Crippen molar-refractivity contribution in [1.29, 1.82) is 0 Å². The molecule has 1 unspecified atom stereocenters. The van der Waals surface area contributed by atoms with Gasteiger partial charge in [-0.25, -0.2) is 13.1 Å². The van der Waals surface area contributed by atoms with Crippen molar-refractivity contribution in [2.24, 2.45) is 0 Å². The van der Waals surface area contributed by atoms with Crippen molar-refractivity contribution in [1.82, 2.24) is 14.9 Å². The second kappa shape index (κ2) is 7.34. The van der Waals surface area contributed by atoms with E-state index in [4.69, 9.17) is 0 Å². The van der Waals surface area contributed by atoms with E-state index in [-0.39, 0.29) is 23.4 Å². The van der Waals surface area contributed by atoms with Gasteiger partial charge in [-0.15, -0.1) is 10.2 Å². The number of halogens is 5. The average Bonchev–Trinajstić information content (AvgIpc) is 3.07. The standard InChI is InChI=1S/C17H14F5N3O3S/c1-29(26,27)25-13-6-5-11(9-16(13,18)19)7-10-3-2-4-12(8-10)14-23-24-15(28-14)17(20,21)22/h2-6,8-9,13,25H,7H2,1H3. The molecule has 0 saturated carbocycles. The van der Waals surface area contributed by atoms with Crippen LogP contribution in [0.1, 0.15) is 11.5 Å². The van der Waals surface area contributed by atoms with Gasteiger partial charge in [0.15, 0.2) is 0 Å². The van der Waals surface area contributed by atoms with E-state index in [0.717, 1.165) is 12.3 Å². The molecule has 2 aromatic rings. The van der Waals surface area contributed by atoms with E-state index in [1.807, 2.05) is 4.72 Å². The Hall–Kier alpha value is -2.60. The SMILES string of the molecule is CS(=O)(=O)NC1C=CC(Cc2cccc(-c3nnc(C(F)(F)F)o3)c2)=CC1(F)F. The number of hydrogen-bond acceptors (Lipinski definition) is 5. The van der Waals surface area contributed by atoms with Crippen LogP contribution in [0.15, 0.2) is 52.5 Å². The van der Waals surface area contributed by atoms with E-state index < -0.39 is 34.1 Å². The third-order valence-corrected chi connectivity index (χ3v) is 4.57. The number of rotatable bonds is 5. The molecule has 0 aliphatic heterocycles. The number of nitrogens with one attached hydrogen (secondary N) is 1. The third kappa shape index (κ3) is 5.26. The summed E-state index contributed by atoms with van der Waals surface area (Å²) in [4.78, 5) is 0. The van der Waals surface area contributed by atoms with Gasteiger partial charge in [-0.3, -0.25) is 0 Å². The first kappa shape index (κ1) is 21.1. The fourth-order valence-corrected chi connectivity index (χ4v) is 3.39. The van der Waals surface area contributed by atoms with Gasteiger partial charge in [0.2, 0.25) is 15.9 Å². The number of alkyl halides is 5. The molecule has 1 atom stereocenters. The minimum absolute atomic E-state index is 0.0335. The molecule has 1 N–H and O–H groups in total. The number of nitrogens with zero attached hydrogens (tertiary/aromatic N) is 2. The Morgan fingerprint density at radius 3 is 2.55 bits per heavy atom. The van der Waals surface area contributed by atoms with E-state index >= 15 is 0 Å². The van der Waals surface area contributed by atoms with Crippen molar-refractivity contribution < 1.29 is 34.8 Å². The second-order valence-corrected chi connectivity index (χ2v) is 8.19. The molecule has 1 aromatic carbocycles. The van der Waals surface area contributed by atoms with Crippen LogP contribution in [0, 0.1) is 0 Å². The monoisotopic (exact) mass is 435 g/mol. The predicted molar refractivity (Wildman–Crippen MR) is 92.4 cm³/mol. The highest BCUT2D eigenvalue weighted by Gasteiger charge is 2.40. The Labute approximate surface area is 162 Å². The molecule has 0 spiro atoms. The lowest BCUT2D eigenvalue weighted by Gasteiger charge is -2.26. The molecule has 156 valence electrons. The van der Waals surface area contributed by atoms with Crippen molar-refractivity contribution in [3.8, 4) is 11.5 Å². The van der Waals surface area contributed by atoms with E-state index in [2.05, 4.69) is 14.6 Å². The first-order chi connectivity index (χ1) is 13.3. The van der Waals surface area contributed by atoms with Crippen LogP contribution >= 0.6 is 0 Å². The molecule has 1 aliphatic rings. The number of sulfonamides is 1. The largest absolute Gasteiger partial charge is 0.470 e. The number of allylic oxidation sites excluding steroid dienone is 2. The molecule has 0 amide bonds. The molecular formula is C17H14F5N3O3S. The van der Waals surface area contributed by atoms with Crippen LogP contribution in [0.25, 0.3) is 11.5 Å².